The zero-order chi connectivity index (χ0) is 35.1. The van der Waals surface area contributed by atoms with Crippen LogP contribution in [-0.4, -0.2) is 87.3 Å². The summed E-state index contributed by atoms with van der Waals surface area (Å²) in [5.74, 6) is 0.546. The minimum atomic E-state index is -0.243. The number of benzene rings is 1. The molecule has 0 bridgehead atoms. The first-order valence-corrected chi connectivity index (χ1v) is 18.5. The molecular formula is C39H47N9O3. The van der Waals surface area contributed by atoms with Gasteiger partial charge < -0.3 is 19.7 Å². The van der Waals surface area contributed by atoms with Crippen molar-refractivity contribution < 1.29 is 14.4 Å². The summed E-state index contributed by atoms with van der Waals surface area (Å²) in [6.07, 6.45) is 12.7. The maximum absolute atomic E-state index is 13.1. The number of hydrogen-bond donors (Lipinski definition) is 2. The highest BCUT2D eigenvalue weighted by atomic mass is 16.2. The Morgan fingerprint density at radius 3 is 2.43 bits per heavy atom. The molecule has 3 amide bonds. The van der Waals surface area contributed by atoms with E-state index >= 15 is 0 Å². The second-order valence-electron chi connectivity index (χ2n) is 15.2. The van der Waals surface area contributed by atoms with Crippen molar-refractivity contribution in [1.29, 1.82) is 0 Å². The fourth-order valence-electron chi connectivity index (χ4n) is 8.70. The Morgan fingerprint density at radius 1 is 0.961 bits per heavy atom. The molecule has 6 heterocycles. The molecule has 1 aliphatic carbocycles. The lowest BCUT2D eigenvalue weighted by atomic mass is 9.77. The van der Waals surface area contributed by atoms with Crippen molar-refractivity contribution >= 4 is 46.2 Å². The molecule has 3 aromatic heterocycles. The van der Waals surface area contributed by atoms with Crippen LogP contribution in [0.3, 0.4) is 0 Å². The number of nitrogens with zero attached hydrogens (tertiary/aromatic N) is 7. The van der Waals surface area contributed by atoms with Crippen molar-refractivity contribution in [3.05, 3.63) is 71.7 Å². The Morgan fingerprint density at radius 2 is 1.73 bits per heavy atom. The Labute approximate surface area is 298 Å². The molecule has 1 aromatic carbocycles. The quantitative estimate of drug-likeness (QED) is 0.234. The van der Waals surface area contributed by atoms with E-state index in [0.29, 0.717) is 35.7 Å². The van der Waals surface area contributed by atoms with E-state index in [1.165, 1.54) is 30.5 Å². The Bertz CT molecular complexity index is 1920. The summed E-state index contributed by atoms with van der Waals surface area (Å²) >= 11 is 0. The lowest BCUT2D eigenvalue weighted by Crippen LogP contribution is -2.41. The molecule has 4 aromatic rings. The molecule has 0 unspecified atom stereocenters. The van der Waals surface area contributed by atoms with Crippen LogP contribution in [0.5, 0.6) is 0 Å². The largest absolute Gasteiger partial charge is 0.371 e. The van der Waals surface area contributed by atoms with Crippen LogP contribution in [0.15, 0.2) is 54.9 Å². The molecule has 3 saturated heterocycles. The van der Waals surface area contributed by atoms with Gasteiger partial charge in [-0.15, -0.1) is 0 Å². The zero-order valence-corrected chi connectivity index (χ0v) is 29.6. The number of rotatable bonds is 8. The van der Waals surface area contributed by atoms with Crippen LogP contribution in [0.2, 0.25) is 0 Å². The van der Waals surface area contributed by atoms with Gasteiger partial charge in [-0.1, -0.05) is 31.0 Å². The second-order valence-corrected chi connectivity index (χ2v) is 15.2. The molecule has 0 radical (unpaired) electrons. The minimum Gasteiger partial charge on any atom is -0.371 e. The molecule has 1 atom stereocenters. The first-order chi connectivity index (χ1) is 24.7. The van der Waals surface area contributed by atoms with Crippen molar-refractivity contribution in [2.75, 3.05) is 50.5 Å². The van der Waals surface area contributed by atoms with Gasteiger partial charge in [-0.3, -0.25) is 24.6 Å². The maximum atomic E-state index is 13.1. The fourth-order valence-corrected chi connectivity index (χ4v) is 8.70. The van der Waals surface area contributed by atoms with Gasteiger partial charge in [-0.2, -0.15) is 4.98 Å². The van der Waals surface area contributed by atoms with Gasteiger partial charge in [0.15, 0.2) is 0 Å². The molecule has 12 nitrogen and oxygen atoms in total. The Kier molecular flexibility index (Phi) is 8.95. The molecule has 266 valence electrons. The van der Waals surface area contributed by atoms with Crippen LogP contribution in [0.4, 0.5) is 17.5 Å². The minimum absolute atomic E-state index is 0.0169. The number of fused-ring (bicyclic) bond motifs is 1. The number of aromatic nitrogens is 4. The van der Waals surface area contributed by atoms with Crippen molar-refractivity contribution in [1.82, 2.24) is 34.6 Å². The smallest absolute Gasteiger partial charge is 0.270 e. The Balaban J connectivity index is 0.861. The van der Waals surface area contributed by atoms with Gasteiger partial charge in [0.2, 0.25) is 17.8 Å². The number of likely N-dealkylation sites (tertiary alicyclic amines) is 1. The number of nitrogens with one attached hydrogen (secondary N) is 2. The number of carbonyl (C=O) groups excluding carboxylic acids is 3. The molecule has 2 N–H and O–H groups in total. The van der Waals surface area contributed by atoms with E-state index in [4.69, 9.17) is 9.97 Å². The van der Waals surface area contributed by atoms with Crippen LogP contribution >= 0.6 is 0 Å². The number of pyridine rings is 1. The van der Waals surface area contributed by atoms with Crippen molar-refractivity contribution in [3.8, 4) is 0 Å². The van der Waals surface area contributed by atoms with E-state index in [1.807, 2.05) is 18.3 Å². The van der Waals surface area contributed by atoms with Gasteiger partial charge in [0.25, 0.3) is 5.91 Å². The second kappa shape index (κ2) is 13.7. The zero-order valence-electron chi connectivity index (χ0n) is 29.6. The van der Waals surface area contributed by atoms with Crippen molar-refractivity contribution in [2.24, 2.45) is 5.41 Å². The van der Waals surface area contributed by atoms with E-state index in [0.717, 1.165) is 75.0 Å². The van der Waals surface area contributed by atoms with Crippen LogP contribution in [-0.2, 0) is 16.1 Å². The van der Waals surface area contributed by atoms with Gasteiger partial charge in [-0.05, 0) is 85.9 Å². The van der Waals surface area contributed by atoms with Crippen LogP contribution in [0.1, 0.15) is 91.4 Å². The molecular weight excluding hydrogens is 642 g/mol. The third kappa shape index (κ3) is 6.81. The predicted octanol–water partition coefficient (Wildman–Crippen LogP) is 5.40. The first kappa shape index (κ1) is 33.3. The number of imide groups is 1. The van der Waals surface area contributed by atoms with Gasteiger partial charge >= 0.3 is 0 Å². The van der Waals surface area contributed by atoms with E-state index in [1.54, 1.807) is 25.2 Å². The van der Waals surface area contributed by atoms with Crippen LogP contribution in [0.25, 0.3) is 11.0 Å². The molecule has 12 heteroatoms. The van der Waals surface area contributed by atoms with Crippen LogP contribution < -0.4 is 15.5 Å². The predicted molar refractivity (Wildman–Crippen MR) is 196 cm³/mol. The Hall–Kier alpha value is -4.84. The highest BCUT2D eigenvalue weighted by molar-refractivity contribution is 6.01. The molecule has 1 spiro atoms. The molecule has 8 rings (SSSR count). The number of anilines is 3. The molecule has 3 aliphatic heterocycles. The summed E-state index contributed by atoms with van der Waals surface area (Å²) in [6, 6.07) is 14.7. The van der Waals surface area contributed by atoms with Crippen LogP contribution in [0, 0.1) is 5.41 Å². The third-order valence-electron chi connectivity index (χ3n) is 11.6. The number of amides is 3. The number of carbonyl (C=O) groups is 3. The number of piperidine rings is 2. The maximum Gasteiger partial charge on any atom is 0.270 e. The number of hydrogen-bond acceptors (Lipinski definition) is 9. The average Bonchev–Trinajstić information content (AvgIpc) is 3.89. The highest BCUT2D eigenvalue weighted by Gasteiger charge is 2.40. The molecule has 51 heavy (non-hydrogen) atoms. The lowest BCUT2D eigenvalue weighted by molar-refractivity contribution is -0.134. The van der Waals surface area contributed by atoms with Gasteiger partial charge in [-0.25, -0.2) is 9.97 Å². The normalized spacial score (nSPS) is 21.1. The van der Waals surface area contributed by atoms with E-state index in [2.05, 4.69) is 60.3 Å². The average molecular weight is 690 g/mol. The third-order valence-corrected chi connectivity index (χ3v) is 11.6. The lowest BCUT2D eigenvalue weighted by Gasteiger charge is -2.40. The fraction of sp³-hybridized carbons (Fsp3) is 0.487. The van der Waals surface area contributed by atoms with E-state index in [-0.39, 0.29) is 29.7 Å². The molecule has 1 saturated carbocycles. The summed E-state index contributed by atoms with van der Waals surface area (Å²) in [7, 11) is 3.57. The van der Waals surface area contributed by atoms with Gasteiger partial charge in [0.1, 0.15) is 17.2 Å². The van der Waals surface area contributed by atoms with Crippen molar-refractivity contribution in [3.63, 3.8) is 0 Å². The molecule has 4 fully saturated rings. The standard InChI is InChI=1S/C39H47N9O3/c1-45(2)37(51)32-21-28-23-41-38(44-35(28)48(32)30-5-3-4-6-30)42-33-13-7-26(22-40-33)24-46-18-15-39(25-46)16-19-47(20-17-39)29-10-8-27(9-11-29)31-12-14-34(49)43-36(31)50/h7-11,13,21-23,30-31H,3-6,12,14-20,24-25H2,1-2H3,(H,43,49,50)(H,40,41,42,44)/t31-/m0/s1. The highest BCUT2D eigenvalue weighted by Crippen LogP contribution is 2.42. The summed E-state index contributed by atoms with van der Waals surface area (Å²) in [6.45, 7) is 5.12. The summed E-state index contributed by atoms with van der Waals surface area (Å²) in [5.41, 5.74) is 5.18. The summed E-state index contributed by atoms with van der Waals surface area (Å²) in [5, 5.41) is 6.63. The molecule has 4 aliphatic rings. The van der Waals surface area contributed by atoms with E-state index < -0.39 is 0 Å². The topological polar surface area (TPSA) is 129 Å². The van der Waals surface area contributed by atoms with Gasteiger partial charge in [0, 0.05) is 76.2 Å². The first-order valence-electron chi connectivity index (χ1n) is 18.5. The monoisotopic (exact) mass is 689 g/mol. The van der Waals surface area contributed by atoms with Crippen molar-refractivity contribution in [2.45, 2.75) is 76.3 Å². The van der Waals surface area contributed by atoms with Gasteiger partial charge in [0.05, 0.1) is 5.92 Å². The SMILES string of the molecule is CN(C)C(=O)c1cc2cnc(Nc3ccc(CN4CCC5(CCN(c6ccc([C@@H]7CCC(=O)NC7=O)cc6)CC5)C4)cn3)nc2n1C1CCCC1. The van der Waals surface area contributed by atoms with E-state index in [9.17, 15) is 14.4 Å². The summed E-state index contributed by atoms with van der Waals surface area (Å²) in [4.78, 5) is 57.7. The summed E-state index contributed by atoms with van der Waals surface area (Å²) < 4.78 is 2.13.